The van der Waals surface area contributed by atoms with Crippen molar-refractivity contribution in [2.45, 2.75) is 6.92 Å². The molecule has 3 rings (SSSR count). The lowest BCUT2D eigenvalue weighted by molar-refractivity contribution is 0.0948. The van der Waals surface area contributed by atoms with Crippen molar-refractivity contribution in [1.29, 1.82) is 0 Å². The normalized spacial score (nSPS) is 11.2. The number of nitrogens with zero attached hydrogens (tertiary/aromatic N) is 3. The number of phenolic OH excluding ortho intramolecular Hbond substituents is 1. The second-order valence-corrected chi connectivity index (χ2v) is 5.79. The highest BCUT2D eigenvalue weighted by Gasteiger charge is 2.16. The highest BCUT2D eigenvalue weighted by Crippen LogP contribution is 2.17. The number of aromatic nitrogens is 2. The molecule has 7 heteroatoms. The zero-order chi connectivity index (χ0) is 16.4. The van der Waals surface area contributed by atoms with Gasteiger partial charge in [-0.05, 0) is 47.1 Å². The minimum absolute atomic E-state index is 0.0976. The number of imidazole rings is 1. The van der Waals surface area contributed by atoms with E-state index in [0.717, 1.165) is 4.47 Å². The van der Waals surface area contributed by atoms with Crippen molar-refractivity contribution in [1.82, 2.24) is 14.8 Å². The highest BCUT2D eigenvalue weighted by atomic mass is 79.9. The molecule has 2 N–H and O–H groups in total. The molecule has 0 saturated carbocycles. The number of hydrazone groups is 1. The Morgan fingerprint density at radius 3 is 2.91 bits per heavy atom. The van der Waals surface area contributed by atoms with Crippen molar-refractivity contribution in [2.24, 2.45) is 5.10 Å². The van der Waals surface area contributed by atoms with Gasteiger partial charge in [-0.3, -0.25) is 9.20 Å². The number of rotatable bonds is 3. The van der Waals surface area contributed by atoms with Gasteiger partial charge in [0.15, 0.2) is 0 Å². The van der Waals surface area contributed by atoms with Crippen LogP contribution in [0.25, 0.3) is 5.65 Å². The summed E-state index contributed by atoms with van der Waals surface area (Å²) in [5.41, 5.74) is 4.68. The lowest BCUT2D eigenvalue weighted by atomic mass is 10.2. The molecule has 0 bridgehead atoms. The molecule has 0 aliphatic rings. The average molecular weight is 373 g/mol. The van der Waals surface area contributed by atoms with Crippen LogP contribution in [0.15, 0.2) is 52.2 Å². The van der Waals surface area contributed by atoms with Crippen LogP contribution in [-0.2, 0) is 0 Å². The Morgan fingerprint density at radius 1 is 1.35 bits per heavy atom. The van der Waals surface area contributed by atoms with E-state index in [1.54, 1.807) is 41.8 Å². The number of halogens is 1. The molecule has 116 valence electrons. The largest absolute Gasteiger partial charge is 0.507 e. The first-order chi connectivity index (χ1) is 11.1. The summed E-state index contributed by atoms with van der Waals surface area (Å²) >= 11 is 3.38. The van der Waals surface area contributed by atoms with Crippen LogP contribution in [0.4, 0.5) is 0 Å². The molecule has 1 amide bonds. The lowest BCUT2D eigenvalue weighted by Gasteiger charge is -2.02. The summed E-state index contributed by atoms with van der Waals surface area (Å²) < 4.78 is 2.54. The molecule has 0 unspecified atom stereocenters. The van der Waals surface area contributed by atoms with Crippen LogP contribution in [0.3, 0.4) is 0 Å². The lowest BCUT2D eigenvalue weighted by Crippen LogP contribution is -2.20. The Labute approximate surface area is 140 Å². The zero-order valence-corrected chi connectivity index (χ0v) is 13.8. The summed E-state index contributed by atoms with van der Waals surface area (Å²) in [5.74, 6) is -0.278. The number of amides is 1. The van der Waals surface area contributed by atoms with E-state index in [2.05, 4.69) is 31.4 Å². The summed E-state index contributed by atoms with van der Waals surface area (Å²) in [4.78, 5) is 16.7. The van der Waals surface area contributed by atoms with Crippen LogP contribution in [0, 0.1) is 6.92 Å². The van der Waals surface area contributed by atoms with Crippen molar-refractivity contribution in [2.75, 3.05) is 0 Å². The Kier molecular flexibility index (Phi) is 4.12. The standard InChI is InChI=1S/C16H13BrN4O2/c1-10-15(21-9-12(17)6-7-14(21)19-10)16(23)20-18-8-11-4-2-3-5-13(11)22/h2-9,22H,1H3,(H,20,23)/b18-8-. The molecule has 0 atom stereocenters. The van der Waals surface area contributed by atoms with Crippen molar-refractivity contribution < 1.29 is 9.90 Å². The summed E-state index contributed by atoms with van der Waals surface area (Å²) in [5, 5.41) is 13.5. The smallest absolute Gasteiger partial charge is 0.290 e. The summed E-state index contributed by atoms with van der Waals surface area (Å²) in [6, 6.07) is 10.4. The Balaban J connectivity index is 1.85. The van der Waals surface area contributed by atoms with Crippen LogP contribution in [-0.4, -0.2) is 26.6 Å². The monoisotopic (exact) mass is 372 g/mol. The molecule has 0 radical (unpaired) electrons. The molecular formula is C16H13BrN4O2. The van der Waals surface area contributed by atoms with Crippen LogP contribution >= 0.6 is 15.9 Å². The maximum Gasteiger partial charge on any atom is 0.290 e. The third-order valence-corrected chi connectivity index (χ3v) is 3.75. The van der Waals surface area contributed by atoms with Gasteiger partial charge in [0.05, 0.1) is 11.9 Å². The van der Waals surface area contributed by atoms with Gasteiger partial charge in [0.1, 0.15) is 17.1 Å². The zero-order valence-electron chi connectivity index (χ0n) is 12.2. The molecule has 3 aromatic rings. The van der Waals surface area contributed by atoms with E-state index in [1.165, 1.54) is 6.21 Å². The summed E-state index contributed by atoms with van der Waals surface area (Å²) in [6.45, 7) is 1.77. The minimum atomic E-state index is -0.375. The molecule has 2 heterocycles. The number of aryl methyl sites for hydroxylation is 1. The molecule has 0 spiro atoms. The number of phenols is 1. The maximum atomic E-state index is 12.4. The second kappa shape index (κ2) is 6.21. The maximum absolute atomic E-state index is 12.4. The average Bonchev–Trinajstić information content (AvgIpc) is 2.84. The quantitative estimate of drug-likeness (QED) is 0.547. The number of carbonyl (C=O) groups is 1. The van der Waals surface area contributed by atoms with Gasteiger partial charge in [0, 0.05) is 16.2 Å². The number of aromatic hydroxyl groups is 1. The van der Waals surface area contributed by atoms with Gasteiger partial charge in [-0.25, -0.2) is 10.4 Å². The molecule has 0 fully saturated rings. The number of fused-ring (bicyclic) bond motifs is 1. The number of benzene rings is 1. The SMILES string of the molecule is Cc1nc2ccc(Br)cn2c1C(=O)N/N=C\c1ccccc1O. The van der Waals surface area contributed by atoms with Gasteiger partial charge in [-0.2, -0.15) is 5.10 Å². The predicted octanol–water partition coefficient (Wildman–Crippen LogP) is 2.87. The minimum Gasteiger partial charge on any atom is -0.507 e. The van der Waals surface area contributed by atoms with E-state index < -0.39 is 0 Å². The number of carbonyl (C=O) groups excluding carboxylic acids is 1. The van der Waals surface area contributed by atoms with E-state index in [4.69, 9.17) is 0 Å². The number of nitrogens with one attached hydrogen (secondary N) is 1. The highest BCUT2D eigenvalue weighted by molar-refractivity contribution is 9.10. The van der Waals surface area contributed by atoms with Gasteiger partial charge in [0.25, 0.3) is 5.91 Å². The predicted molar refractivity (Wildman–Crippen MR) is 90.8 cm³/mol. The van der Waals surface area contributed by atoms with Crippen molar-refractivity contribution >= 4 is 33.7 Å². The Hall–Kier alpha value is -2.67. The van der Waals surface area contributed by atoms with Crippen molar-refractivity contribution in [3.05, 3.63) is 64.0 Å². The van der Waals surface area contributed by atoms with Crippen LogP contribution in [0.1, 0.15) is 21.7 Å². The Bertz CT molecular complexity index is 918. The van der Waals surface area contributed by atoms with Crippen LogP contribution in [0.5, 0.6) is 5.75 Å². The molecule has 2 aromatic heterocycles. The topological polar surface area (TPSA) is 79.0 Å². The Morgan fingerprint density at radius 2 is 2.13 bits per heavy atom. The third kappa shape index (κ3) is 3.09. The fourth-order valence-corrected chi connectivity index (χ4v) is 2.56. The fraction of sp³-hybridized carbons (Fsp3) is 0.0625. The summed E-state index contributed by atoms with van der Waals surface area (Å²) in [6.07, 6.45) is 3.17. The van der Waals surface area contributed by atoms with Crippen molar-refractivity contribution in [3.63, 3.8) is 0 Å². The number of pyridine rings is 1. The van der Waals surface area contributed by atoms with Gasteiger partial charge >= 0.3 is 0 Å². The van der Waals surface area contributed by atoms with Gasteiger partial charge in [-0.15, -0.1) is 0 Å². The van der Waals surface area contributed by atoms with E-state index >= 15 is 0 Å². The van der Waals surface area contributed by atoms with E-state index in [1.807, 2.05) is 12.1 Å². The van der Waals surface area contributed by atoms with E-state index in [0.29, 0.717) is 22.6 Å². The molecule has 0 aliphatic heterocycles. The van der Waals surface area contributed by atoms with Gasteiger partial charge in [-0.1, -0.05) is 12.1 Å². The molecule has 1 aromatic carbocycles. The molecule has 23 heavy (non-hydrogen) atoms. The van der Waals surface area contributed by atoms with E-state index in [9.17, 15) is 9.90 Å². The number of hydrogen-bond acceptors (Lipinski definition) is 4. The fourth-order valence-electron chi connectivity index (χ4n) is 2.22. The number of para-hydroxylation sites is 1. The first-order valence-corrected chi connectivity index (χ1v) is 7.61. The third-order valence-electron chi connectivity index (χ3n) is 3.28. The first kappa shape index (κ1) is 15.2. The number of hydrogen-bond donors (Lipinski definition) is 2. The summed E-state index contributed by atoms with van der Waals surface area (Å²) in [7, 11) is 0. The van der Waals surface area contributed by atoms with E-state index in [-0.39, 0.29) is 11.7 Å². The first-order valence-electron chi connectivity index (χ1n) is 6.82. The van der Waals surface area contributed by atoms with Crippen molar-refractivity contribution in [3.8, 4) is 5.75 Å². The van der Waals surface area contributed by atoms with Gasteiger partial charge < -0.3 is 5.11 Å². The second-order valence-electron chi connectivity index (χ2n) is 4.88. The van der Waals surface area contributed by atoms with Gasteiger partial charge in [0.2, 0.25) is 0 Å². The molecule has 0 aliphatic carbocycles. The van der Waals surface area contributed by atoms with Crippen LogP contribution < -0.4 is 5.43 Å². The molecule has 0 saturated heterocycles. The molecule has 6 nitrogen and oxygen atoms in total. The van der Waals surface area contributed by atoms with Crippen LogP contribution in [0.2, 0.25) is 0 Å². The molecular weight excluding hydrogens is 360 g/mol.